The summed E-state index contributed by atoms with van der Waals surface area (Å²) in [5.74, 6) is 0. The van der Waals surface area contributed by atoms with Crippen LogP contribution in [0.25, 0.3) is 22.0 Å². The largest absolute Gasteiger partial charge is 0.393 e. The lowest BCUT2D eigenvalue weighted by molar-refractivity contribution is 1.10. The highest BCUT2D eigenvalue weighted by atomic mass is 14.9. The van der Waals surface area contributed by atoms with Gasteiger partial charge in [-0.3, -0.25) is 9.98 Å². The number of aromatic nitrogens is 1. The Kier molecular flexibility index (Phi) is 4.96. The van der Waals surface area contributed by atoms with Crippen LogP contribution in [0.15, 0.2) is 66.4 Å². The minimum Gasteiger partial charge on any atom is -0.393 e. The second-order valence-electron chi connectivity index (χ2n) is 6.91. The van der Waals surface area contributed by atoms with Gasteiger partial charge in [0.2, 0.25) is 0 Å². The fraction of sp³-hybridized carbons (Fsp3) is 0.125. The first-order valence-corrected chi connectivity index (χ1v) is 9.50. The molecular weight excluding hydrogens is 358 g/mol. The lowest BCUT2D eigenvalue weighted by atomic mass is 9.97. The van der Waals surface area contributed by atoms with Crippen LogP contribution in [0, 0.1) is 5.41 Å². The van der Waals surface area contributed by atoms with Gasteiger partial charge < -0.3 is 16.0 Å². The summed E-state index contributed by atoms with van der Waals surface area (Å²) in [7, 11) is 3.69. The van der Waals surface area contributed by atoms with E-state index in [9.17, 15) is 0 Å². The van der Waals surface area contributed by atoms with Crippen LogP contribution < -0.4 is 10.6 Å². The van der Waals surface area contributed by atoms with Crippen molar-refractivity contribution in [2.24, 2.45) is 4.99 Å². The Bertz CT molecular complexity index is 1190. The third-order valence-electron chi connectivity index (χ3n) is 5.18. The van der Waals surface area contributed by atoms with Crippen LogP contribution in [0.2, 0.25) is 0 Å². The van der Waals surface area contributed by atoms with Gasteiger partial charge in [0.1, 0.15) is 0 Å². The van der Waals surface area contributed by atoms with Crippen molar-refractivity contribution < 1.29 is 0 Å². The van der Waals surface area contributed by atoms with Crippen molar-refractivity contribution in [3.8, 4) is 0 Å². The molecule has 0 radical (unpaired) electrons. The van der Waals surface area contributed by atoms with Crippen LogP contribution in [-0.4, -0.2) is 31.0 Å². The smallest absolute Gasteiger partial charge is 0.0762 e. The van der Waals surface area contributed by atoms with Gasteiger partial charge in [0.05, 0.1) is 17.1 Å². The topological polar surface area (TPSA) is 73.2 Å². The first kappa shape index (κ1) is 18.6. The van der Waals surface area contributed by atoms with Gasteiger partial charge in [0, 0.05) is 66.9 Å². The van der Waals surface area contributed by atoms with Crippen molar-refractivity contribution >= 4 is 39.7 Å². The standard InChI is InChI=1S/C24H23N5/c1-15(27-3)19-8-5-7-17-11-23(29-24(17)19)20-9-4-6-16-10-22(28-14-21(16)20)18(12-25)13-26-2/h4-10,12-14,25-27H,1,11H2,2-3H3/b18-13+,25-12?. The Balaban J connectivity index is 1.80. The lowest BCUT2D eigenvalue weighted by Crippen LogP contribution is -2.03. The molecule has 5 nitrogen and oxygen atoms in total. The van der Waals surface area contributed by atoms with Gasteiger partial charge in [0.15, 0.2) is 0 Å². The average Bonchev–Trinajstić information content (AvgIpc) is 3.20. The Morgan fingerprint density at radius 2 is 2.00 bits per heavy atom. The summed E-state index contributed by atoms with van der Waals surface area (Å²) in [6.45, 7) is 4.10. The molecule has 1 aliphatic rings. The average molecular weight is 381 g/mol. The van der Waals surface area contributed by atoms with Crippen molar-refractivity contribution in [2.75, 3.05) is 14.1 Å². The predicted molar refractivity (Wildman–Crippen MR) is 122 cm³/mol. The van der Waals surface area contributed by atoms with E-state index in [-0.39, 0.29) is 0 Å². The summed E-state index contributed by atoms with van der Waals surface area (Å²) in [4.78, 5) is 9.57. The van der Waals surface area contributed by atoms with Gasteiger partial charge in [-0.05, 0) is 17.0 Å². The molecule has 0 spiro atoms. The quantitative estimate of drug-likeness (QED) is 0.557. The van der Waals surface area contributed by atoms with Crippen molar-refractivity contribution in [2.45, 2.75) is 6.42 Å². The van der Waals surface area contributed by atoms with Crippen molar-refractivity contribution in [3.63, 3.8) is 0 Å². The van der Waals surface area contributed by atoms with Crippen LogP contribution in [0.4, 0.5) is 5.69 Å². The number of benzene rings is 2. The molecule has 0 saturated heterocycles. The van der Waals surface area contributed by atoms with E-state index in [1.807, 2.05) is 38.5 Å². The minimum absolute atomic E-state index is 0.737. The summed E-state index contributed by atoms with van der Waals surface area (Å²) in [5.41, 5.74) is 7.73. The Morgan fingerprint density at radius 3 is 2.76 bits per heavy atom. The number of para-hydroxylation sites is 1. The second-order valence-corrected chi connectivity index (χ2v) is 6.91. The van der Waals surface area contributed by atoms with E-state index >= 15 is 0 Å². The summed E-state index contributed by atoms with van der Waals surface area (Å²) in [6, 6.07) is 14.5. The van der Waals surface area contributed by atoms with Crippen LogP contribution >= 0.6 is 0 Å². The molecule has 5 heteroatoms. The zero-order valence-electron chi connectivity index (χ0n) is 16.6. The van der Waals surface area contributed by atoms with Crippen LogP contribution in [0.3, 0.4) is 0 Å². The van der Waals surface area contributed by atoms with E-state index in [0.29, 0.717) is 0 Å². The second kappa shape index (κ2) is 7.72. The molecule has 1 aliphatic heterocycles. The molecule has 2 aromatic carbocycles. The molecule has 1 aromatic heterocycles. The zero-order chi connectivity index (χ0) is 20.4. The highest BCUT2D eigenvalue weighted by molar-refractivity contribution is 6.15. The summed E-state index contributed by atoms with van der Waals surface area (Å²) >= 11 is 0. The summed E-state index contributed by atoms with van der Waals surface area (Å²) in [6.07, 6.45) is 5.75. The molecule has 4 rings (SSSR count). The number of rotatable bonds is 6. The van der Waals surface area contributed by atoms with Gasteiger partial charge in [-0.15, -0.1) is 0 Å². The molecular formula is C24H23N5. The highest BCUT2D eigenvalue weighted by Gasteiger charge is 2.21. The van der Waals surface area contributed by atoms with Crippen LogP contribution in [0.5, 0.6) is 0 Å². The maximum absolute atomic E-state index is 7.63. The van der Waals surface area contributed by atoms with Crippen molar-refractivity contribution in [1.29, 1.82) is 5.41 Å². The number of allylic oxidation sites excluding steroid dienone is 1. The first-order chi connectivity index (χ1) is 14.2. The molecule has 0 atom stereocenters. The molecule has 29 heavy (non-hydrogen) atoms. The monoisotopic (exact) mass is 381 g/mol. The molecule has 3 N–H and O–H groups in total. The number of aliphatic imine (C=N–C) groups is 1. The number of nitrogens with one attached hydrogen (secondary N) is 3. The minimum atomic E-state index is 0.737. The molecule has 0 unspecified atom stereocenters. The van der Waals surface area contributed by atoms with Crippen molar-refractivity contribution in [1.82, 2.24) is 15.6 Å². The third-order valence-corrected chi connectivity index (χ3v) is 5.18. The molecule has 0 aliphatic carbocycles. The van der Waals surface area contributed by atoms with Gasteiger partial charge in [-0.25, -0.2) is 0 Å². The van der Waals surface area contributed by atoms with Crippen LogP contribution in [0.1, 0.15) is 22.4 Å². The number of fused-ring (bicyclic) bond motifs is 2. The molecule has 0 amide bonds. The maximum Gasteiger partial charge on any atom is 0.0762 e. The van der Waals surface area contributed by atoms with Gasteiger partial charge in [-0.2, -0.15) is 0 Å². The fourth-order valence-electron chi connectivity index (χ4n) is 3.68. The molecule has 0 saturated carbocycles. The van der Waals surface area contributed by atoms with E-state index in [0.717, 1.165) is 56.7 Å². The molecule has 0 bridgehead atoms. The van der Waals surface area contributed by atoms with E-state index in [2.05, 4.69) is 46.5 Å². The number of nitrogens with zero attached hydrogens (tertiary/aromatic N) is 2. The third kappa shape index (κ3) is 3.31. The number of hydrogen-bond acceptors (Lipinski definition) is 5. The Hall–Kier alpha value is -3.73. The maximum atomic E-state index is 7.63. The molecule has 3 aromatic rings. The Morgan fingerprint density at radius 1 is 1.17 bits per heavy atom. The van der Waals surface area contributed by atoms with Gasteiger partial charge >= 0.3 is 0 Å². The summed E-state index contributed by atoms with van der Waals surface area (Å²) in [5, 5.41) is 15.9. The number of hydrogen-bond donors (Lipinski definition) is 3. The molecule has 2 heterocycles. The normalized spacial score (nSPS) is 13.0. The first-order valence-electron chi connectivity index (χ1n) is 9.50. The molecule has 0 fully saturated rings. The Labute approximate surface area is 170 Å². The summed E-state index contributed by atoms with van der Waals surface area (Å²) < 4.78 is 0. The van der Waals surface area contributed by atoms with Gasteiger partial charge in [-0.1, -0.05) is 43.0 Å². The molecule has 144 valence electrons. The van der Waals surface area contributed by atoms with Crippen molar-refractivity contribution in [3.05, 3.63) is 83.8 Å². The highest BCUT2D eigenvalue weighted by Crippen LogP contribution is 2.36. The van der Waals surface area contributed by atoms with E-state index in [1.165, 1.54) is 11.8 Å². The fourth-order valence-corrected chi connectivity index (χ4v) is 3.68. The van der Waals surface area contributed by atoms with E-state index < -0.39 is 0 Å². The van der Waals surface area contributed by atoms with E-state index in [1.54, 1.807) is 6.20 Å². The SMILES string of the molecule is C=C(NC)c1cccc2c1N=C(c1cccc3cc(/C(C=N)=C/NC)ncc13)C2. The zero-order valence-corrected chi connectivity index (χ0v) is 16.6. The predicted octanol–water partition coefficient (Wildman–Crippen LogP) is 4.31. The number of pyridine rings is 1. The lowest BCUT2D eigenvalue weighted by Gasteiger charge is -2.08. The van der Waals surface area contributed by atoms with Crippen LogP contribution in [-0.2, 0) is 6.42 Å². The van der Waals surface area contributed by atoms with Gasteiger partial charge in [0.25, 0.3) is 0 Å². The van der Waals surface area contributed by atoms with E-state index in [4.69, 9.17) is 10.4 Å².